The smallest absolute Gasteiger partial charge is 0.415 e. The predicted octanol–water partition coefficient (Wildman–Crippen LogP) is 3.46. The number of rotatable bonds is 3. The topological polar surface area (TPSA) is 66.8 Å². The zero-order chi connectivity index (χ0) is 17.3. The second kappa shape index (κ2) is 6.35. The summed E-state index contributed by atoms with van der Waals surface area (Å²) in [6, 6.07) is 12.2. The number of aliphatic carboxylic acids is 1. The number of carboxylic acid groups (broad SMARTS) is 1. The number of carboxylic acids is 1. The Balaban J connectivity index is 1.87. The fourth-order valence-electron chi connectivity index (χ4n) is 3.12. The molecule has 1 N–H and O–H groups in total. The number of nitrogens with zero attached hydrogens (tertiary/aromatic N) is 1. The first-order chi connectivity index (χ1) is 11.5. The van der Waals surface area contributed by atoms with E-state index in [-0.39, 0.29) is 6.61 Å². The lowest BCUT2D eigenvalue weighted by Crippen LogP contribution is -2.43. The monoisotopic (exact) mass is 325 g/mol. The molecule has 1 aliphatic rings. The lowest BCUT2D eigenvalue weighted by atomic mass is 10.0. The molecule has 0 aromatic heterocycles. The Morgan fingerprint density at radius 2 is 1.92 bits per heavy atom. The maximum atomic E-state index is 12.6. The molecule has 0 saturated heterocycles. The first kappa shape index (κ1) is 16.1. The summed E-state index contributed by atoms with van der Waals surface area (Å²) < 4.78 is 5.35. The van der Waals surface area contributed by atoms with Gasteiger partial charge in [-0.2, -0.15) is 0 Å². The third-order valence-corrected chi connectivity index (χ3v) is 4.25. The van der Waals surface area contributed by atoms with E-state index >= 15 is 0 Å². The number of hydrogen-bond donors (Lipinski definition) is 1. The first-order valence-electron chi connectivity index (χ1n) is 7.80. The summed E-state index contributed by atoms with van der Waals surface area (Å²) in [6.45, 7) is 3.97. The van der Waals surface area contributed by atoms with Crippen LogP contribution in [0.2, 0.25) is 0 Å². The molecule has 1 amide bonds. The van der Waals surface area contributed by atoms with Gasteiger partial charge >= 0.3 is 12.1 Å². The van der Waals surface area contributed by atoms with Crippen molar-refractivity contribution >= 4 is 17.7 Å². The molecule has 1 heterocycles. The number of anilines is 1. The standard InChI is InChI=1S/C19H19NO4/c1-12-8-13(2)15-10-17(18(21)22)20(16(15)9-12)19(23)24-11-14-6-4-3-5-7-14/h3-9,17H,10-11H2,1-2H3,(H,21,22)/t17-/m1/s1. The van der Waals surface area contributed by atoms with E-state index in [0.717, 1.165) is 22.3 Å². The van der Waals surface area contributed by atoms with E-state index in [2.05, 4.69) is 0 Å². The largest absolute Gasteiger partial charge is 0.480 e. The molecule has 24 heavy (non-hydrogen) atoms. The van der Waals surface area contributed by atoms with Gasteiger partial charge in [0.2, 0.25) is 0 Å². The summed E-state index contributed by atoms with van der Waals surface area (Å²) >= 11 is 0. The van der Waals surface area contributed by atoms with E-state index in [9.17, 15) is 14.7 Å². The van der Waals surface area contributed by atoms with Crippen LogP contribution < -0.4 is 4.90 Å². The van der Waals surface area contributed by atoms with Crippen molar-refractivity contribution in [3.63, 3.8) is 0 Å². The molecule has 2 aromatic carbocycles. The second-order valence-corrected chi connectivity index (χ2v) is 6.05. The third kappa shape index (κ3) is 2.97. The number of benzene rings is 2. The molecular formula is C19H19NO4. The zero-order valence-electron chi connectivity index (χ0n) is 13.7. The Morgan fingerprint density at radius 3 is 2.58 bits per heavy atom. The van der Waals surface area contributed by atoms with Gasteiger partial charge < -0.3 is 9.84 Å². The van der Waals surface area contributed by atoms with Crippen LogP contribution in [0.3, 0.4) is 0 Å². The van der Waals surface area contributed by atoms with E-state index in [1.54, 1.807) is 0 Å². The number of aryl methyl sites for hydroxylation is 2. The molecule has 3 rings (SSSR count). The molecule has 1 aliphatic heterocycles. The highest BCUT2D eigenvalue weighted by molar-refractivity contribution is 5.98. The van der Waals surface area contributed by atoms with Crippen LogP contribution in [0.25, 0.3) is 0 Å². The quantitative estimate of drug-likeness (QED) is 0.938. The minimum Gasteiger partial charge on any atom is -0.480 e. The van der Waals surface area contributed by atoms with E-state index in [1.807, 2.05) is 56.3 Å². The van der Waals surface area contributed by atoms with Crippen molar-refractivity contribution in [3.8, 4) is 0 Å². The van der Waals surface area contributed by atoms with E-state index in [1.165, 1.54) is 4.90 Å². The number of fused-ring (bicyclic) bond motifs is 1. The van der Waals surface area contributed by atoms with Crippen LogP contribution in [0.1, 0.15) is 22.3 Å². The average molecular weight is 325 g/mol. The van der Waals surface area contributed by atoms with Gasteiger partial charge in [0.25, 0.3) is 0 Å². The van der Waals surface area contributed by atoms with Crippen molar-refractivity contribution in [1.82, 2.24) is 0 Å². The van der Waals surface area contributed by atoms with Crippen molar-refractivity contribution < 1.29 is 19.4 Å². The summed E-state index contributed by atoms with van der Waals surface area (Å²) in [5.74, 6) is -1.03. The Kier molecular flexibility index (Phi) is 4.25. The Hall–Kier alpha value is -2.82. The van der Waals surface area contributed by atoms with Crippen LogP contribution in [0, 0.1) is 13.8 Å². The van der Waals surface area contributed by atoms with Crippen molar-refractivity contribution in [2.24, 2.45) is 0 Å². The first-order valence-corrected chi connectivity index (χ1v) is 7.80. The number of carbonyl (C=O) groups is 2. The van der Waals surface area contributed by atoms with E-state index in [0.29, 0.717) is 12.1 Å². The second-order valence-electron chi connectivity index (χ2n) is 6.05. The fourth-order valence-corrected chi connectivity index (χ4v) is 3.12. The van der Waals surface area contributed by atoms with Gasteiger partial charge in [-0.15, -0.1) is 0 Å². The van der Waals surface area contributed by atoms with Gasteiger partial charge in [-0.3, -0.25) is 4.90 Å². The third-order valence-electron chi connectivity index (χ3n) is 4.25. The van der Waals surface area contributed by atoms with E-state index < -0.39 is 18.1 Å². The van der Waals surface area contributed by atoms with Crippen LogP contribution in [-0.2, 0) is 22.6 Å². The SMILES string of the molecule is Cc1cc(C)c2c(c1)N(C(=O)OCc1ccccc1)[C@@H](C(=O)O)C2. The lowest BCUT2D eigenvalue weighted by Gasteiger charge is -2.22. The van der Waals surface area contributed by atoms with Crippen molar-refractivity contribution in [2.45, 2.75) is 32.9 Å². The van der Waals surface area contributed by atoms with Crippen LogP contribution in [0.15, 0.2) is 42.5 Å². The minimum atomic E-state index is -1.03. The van der Waals surface area contributed by atoms with Crippen molar-refractivity contribution in [2.75, 3.05) is 4.90 Å². The molecular weight excluding hydrogens is 306 g/mol. The molecule has 0 radical (unpaired) electrons. The highest BCUT2D eigenvalue weighted by Crippen LogP contribution is 2.36. The molecule has 2 aromatic rings. The number of carbonyl (C=O) groups excluding carboxylic acids is 1. The maximum Gasteiger partial charge on any atom is 0.415 e. The van der Waals surface area contributed by atoms with Gasteiger partial charge in [0.15, 0.2) is 0 Å². The van der Waals surface area contributed by atoms with Gasteiger partial charge in [-0.1, -0.05) is 36.4 Å². The van der Waals surface area contributed by atoms with Gasteiger partial charge in [0.1, 0.15) is 12.6 Å². The molecule has 0 aliphatic carbocycles. The fraction of sp³-hybridized carbons (Fsp3) is 0.263. The van der Waals surface area contributed by atoms with Crippen LogP contribution in [0.5, 0.6) is 0 Å². The Labute approximate surface area is 140 Å². The molecule has 0 bridgehead atoms. The van der Waals surface area contributed by atoms with Gasteiger partial charge in [0, 0.05) is 6.42 Å². The molecule has 0 spiro atoms. The molecule has 0 unspecified atom stereocenters. The summed E-state index contributed by atoms with van der Waals surface area (Å²) in [4.78, 5) is 25.4. The molecule has 0 saturated carbocycles. The average Bonchev–Trinajstić information content (AvgIpc) is 2.93. The van der Waals surface area contributed by atoms with Gasteiger partial charge in [0.05, 0.1) is 5.69 Å². The van der Waals surface area contributed by atoms with Gasteiger partial charge in [-0.05, 0) is 42.2 Å². The summed E-state index contributed by atoms with van der Waals surface area (Å²) in [6.07, 6.45) is -0.327. The van der Waals surface area contributed by atoms with Crippen LogP contribution in [-0.4, -0.2) is 23.2 Å². The highest BCUT2D eigenvalue weighted by Gasteiger charge is 2.40. The number of hydrogen-bond acceptors (Lipinski definition) is 3. The summed E-state index contributed by atoms with van der Waals surface area (Å²) in [5, 5.41) is 9.50. The predicted molar refractivity (Wildman–Crippen MR) is 90.1 cm³/mol. The molecule has 5 nitrogen and oxygen atoms in total. The molecule has 1 atom stereocenters. The van der Waals surface area contributed by atoms with E-state index in [4.69, 9.17) is 4.74 Å². The Morgan fingerprint density at radius 1 is 1.21 bits per heavy atom. The molecule has 5 heteroatoms. The normalized spacial score (nSPS) is 15.9. The Bertz CT molecular complexity index is 785. The lowest BCUT2D eigenvalue weighted by molar-refractivity contribution is -0.138. The summed E-state index contributed by atoms with van der Waals surface area (Å²) in [7, 11) is 0. The van der Waals surface area contributed by atoms with Gasteiger partial charge in [-0.25, -0.2) is 9.59 Å². The summed E-state index contributed by atoms with van der Waals surface area (Å²) in [5.41, 5.74) is 4.37. The number of ether oxygens (including phenoxy) is 1. The van der Waals surface area contributed by atoms with Crippen LogP contribution in [0.4, 0.5) is 10.5 Å². The molecule has 0 fully saturated rings. The van der Waals surface area contributed by atoms with Crippen molar-refractivity contribution in [1.29, 1.82) is 0 Å². The maximum absolute atomic E-state index is 12.6. The zero-order valence-corrected chi connectivity index (χ0v) is 13.7. The van der Waals surface area contributed by atoms with Crippen molar-refractivity contribution in [3.05, 3.63) is 64.7 Å². The van der Waals surface area contributed by atoms with Crippen LogP contribution >= 0.6 is 0 Å². The highest BCUT2D eigenvalue weighted by atomic mass is 16.6. The molecule has 124 valence electrons. The minimum absolute atomic E-state index is 0.114. The number of amides is 1.